The summed E-state index contributed by atoms with van der Waals surface area (Å²) in [7, 11) is -3.83. The zero-order chi connectivity index (χ0) is 21.1. The Kier molecular flexibility index (Phi) is 5.24. The van der Waals surface area contributed by atoms with Gasteiger partial charge in [-0.3, -0.25) is 4.72 Å². The van der Waals surface area contributed by atoms with Crippen molar-refractivity contribution in [3.8, 4) is 11.1 Å². The van der Waals surface area contributed by atoms with E-state index in [9.17, 15) is 18.3 Å². The van der Waals surface area contributed by atoms with Crippen LogP contribution in [0, 0.1) is 0 Å². The predicted molar refractivity (Wildman–Crippen MR) is 114 cm³/mol. The number of aromatic nitrogens is 1. The van der Waals surface area contributed by atoms with Gasteiger partial charge in [-0.25, -0.2) is 13.2 Å². The summed E-state index contributed by atoms with van der Waals surface area (Å²) in [5.41, 5.74) is 2.58. The minimum atomic E-state index is -3.83. The van der Waals surface area contributed by atoms with Gasteiger partial charge in [-0.1, -0.05) is 53.7 Å². The molecule has 0 bridgehead atoms. The number of aromatic carboxylic acids is 1. The minimum Gasteiger partial charge on any atom is -0.478 e. The standard InChI is InChI=1S/C22H18N2O5S/c25-22(26)18-11-10-16(15-6-2-1-3-7-15)14-20(18)24-30(27,28)13-12-19-17-8-4-5-9-21(17)29-23-19/h1-11,14,24H,12-13H2,(H,25,26). The van der Waals surface area contributed by atoms with Gasteiger partial charge in [0, 0.05) is 11.8 Å². The highest BCUT2D eigenvalue weighted by Crippen LogP contribution is 2.27. The number of benzene rings is 3. The van der Waals surface area contributed by atoms with Crippen LogP contribution in [0.15, 0.2) is 77.3 Å². The first-order chi connectivity index (χ1) is 14.4. The summed E-state index contributed by atoms with van der Waals surface area (Å²) in [5.74, 6) is -1.48. The van der Waals surface area contributed by atoms with Crippen LogP contribution in [0.5, 0.6) is 0 Å². The molecule has 4 aromatic rings. The van der Waals surface area contributed by atoms with Crippen LogP contribution in [0.25, 0.3) is 22.1 Å². The van der Waals surface area contributed by atoms with E-state index in [4.69, 9.17) is 4.52 Å². The van der Waals surface area contributed by atoms with Crippen LogP contribution in [-0.4, -0.2) is 30.4 Å². The molecule has 30 heavy (non-hydrogen) atoms. The number of hydrogen-bond donors (Lipinski definition) is 2. The van der Waals surface area contributed by atoms with Crippen LogP contribution in [0.3, 0.4) is 0 Å². The number of para-hydroxylation sites is 1. The zero-order valence-electron chi connectivity index (χ0n) is 15.8. The summed E-state index contributed by atoms with van der Waals surface area (Å²) >= 11 is 0. The molecule has 152 valence electrons. The molecule has 0 saturated heterocycles. The van der Waals surface area contributed by atoms with E-state index in [2.05, 4.69) is 9.88 Å². The van der Waals surface area contributed by atoms with Gasteiger partial charge in [0.25, 0.3) is 0 Å². The summed E-state index contributed by atoms with van der Waals surface area (Å²) in [6.07, 6.45) is 0.132. The van der Waals surface area contributed by atoms with Crippen molar-refractivity contribution < 1.29 is 22.8 Å². The van der Waals surface area contributed by atoms with Crippen LogP contribution in [0.2, 0.25) is 0 Å². The Morgan fingerprint density at radius 2 is 1.70 bits per heavy atom. The second-order valence-corrected chi connectivity index (χ2v) is 8.57. The van der Waals surface area contributed by atoms with Crippen molar-refractivity contribution in [1.29, 1.82) is 0 Å². The Balaban J connectivity index is 1.59. The lowest BCUT2D eigenvalue weighted by Crippen LogP contribution is -2.20. The maximum absolute atomic E-state index is 12.7. The van der Waals surface area contributed by atoms with Gasteiger partial charge in [-0.15, -0.1) is 0 Å². The van der Waals surface area contributed by atoms with E-state index in [0.717, 1.165) is 10.9 Å². The molecule has 0 aliphatic heterocycles. The molecule has 0 unspecified atom stereocenters. The molecule has 0 amide bonds. The molecule has 2 N–H and O–H groups in total. The van der Waals surface area contributed by atoms with Gasteiger partial charge in [0.15, 0.2) is 5.58 Å². The third kappa shape index (κ3) is 4.18. The van der Waals surface area contributed by atoms with E-state index >= 15 is 0 Å². The number of anilines is 1. The number of hydrogen-bond acceptors (Lipinski definition) is 5. The molecule has 0 aliphatic rings. The molecule has 8 heteroatoms. The Morgan fingerprint density at radius 3 is 2.47 bits per heavy atom. The molecule has 4 rings (SSSR count). The Bertz CT molecular complexity index is 1310. The van der Waals surface area contributed by atoms with Crippen molar-refractivity contribution in [1.82, 2.24) is 5.16 Å². The average Bonchev–Trinajstić information content (AvgIpc) is 3.16. The van der Waals surface area contributed by atoms with Crippen molar-refractivity contribution in [2.45, 2.75) is 6.42 Å². The third-order valence-electron chi connectivity index (χ3n) is 4.68. The molecule has 1 heterocycles. The maximum Gasteiger partial charge on any atom is 0.337 e. The molecule has 0 atom stereocenters. The van der Waals surface area contributed by atoms with E-state index in [0.29, 0.717) is 16.8 Å². The Hall–Kier alpha value is -3.65. The number of carbonyl (C=O) groups is 1. The van der Waals surface area contributed by atoms with Crippen LogP contribution >= 0.6 is 0 Å². The monoisotopic (exact) mass is 422 g/mol. The van der Waals surface area contributed by atoms with Crippen molar-refractivity contribution in [2.24, 2.45) is 0 Å². The van der Waals surface area contributed by atoms with Crippen molar-refractivity contribution in [3.05, 3.63) is 84.1 Å². The summed E-state index contributed by atoms with van der Waals surface area (Å²) in [6.45, 7) is 0. The lowest BCUT2D eigenvalue weighted by Gasteiger charge is -2.12. The normalized spacial score (nSPS) is 11.5. The molecule has 7 nitrogen and oxygen atoms in total. The quantitative estimate of drug-likeness (QED) is 0.462. The van der Waals surface area contributed by atoms with Gasteiger partial charge in [0.1, 0.15) is 0 Å². The summed E-state index contributed by atoms with van der Waals surface area (Å²) in [4.78, 5) is 11.6. The molecule has 0 radical (unpaired) electrons. The van der Waals surface area contributed by atoms with E-state index in [1.807, 2.05) is 48.5 Å². The van der Waals surface area contributed by atoms with E-state index < -0.39 is 16.0 Å². The molecular formula is C22H18N2O5S. The summed E-state index contributed by atoms with van der Waals surface area (Å²) in [5, 5.41) is 14.2. The molecule has 3 aromatic carbocycles. The topological polar surface area (TPSA) is 110 Å². The van der Waals surface area contributed by atoms with Gasteiger partial charge in [-0.2, -0.15) is 0 Å². The molecule has 0 spiro atoms. The molecule has 1 aromatic heterocycles. The zero-order valence-corrected chi connectivity index (χ0v) is 16.6. The second kappa shape index (κ2) is 8.00. The minimum absolute atomic E-state index is 0.0221. The number of carboxylic acid groups (broad SMARTS) is 1. The van der Waals surface area contributed by atoms with Crippen LogP contribution in [0.4, 0.5) is 5.69 Å². The van der Waals surface area contributed by atoms with Crippen LogP contribution in [-0.2, 0) is 16.4 Å². The largest absolute Gasteiger partial charge is 0.478 e. The highest BCUT2D eigenvalue weighted by atomic mass is 32.2. The lowest BCUT2D eigenvalue weighted by atomic mass is 10.0. The van der Waals surface area contributed by atoms with Gasteiger partial charge in [-0.05, 0) is 35.4 Å². The summed E-state index contributed by atoms with van der Waals surface area (Å²) < 4.78 is 33.0. The van der Waals surface area contributed by atoms with Gasteiger partial charge >= 0.3 is 5.97 Å². The number of nitrogens with one attached hydrogen (secondary N) is 1. The molecular weight excluding hydrogens is 404 g/mol. The highest BCUT2D eigenvalue weighted by molar-refractivity contribution is 7.92. The Morgan fingerprint density at radius 1 is 0.967 bits per heavy atom. The first kappa shape index (κ1) is 19.7. The number of aryl methyl sites for hydroxylation is 1. The van der Waals surface area contributed by atoms with E-state index in [-0.39, 0.29) is 23.4 Å². The number of rotatable bonds is 7. The van der Waals surface area contributed by atoms with Crippen molar-refractivity contribution in [3.63, 3.8) is 0 Å². The second-order valence-electron chi connectivity index (χ2n) is 6.73. The SMILES string of the molecule is O=C(O)c1ccc(-c2ccccc2)cc1NS(=O)(=O)CCc1noc2ccccc12. The van der Waals surface area contributed by atoms with Crippen LogP contribution < -0.4 is 4.72 Å². The van der Waals surface area contributed by atoms with Crippen LogP contribution in [0.1, 0.15) is 16.1 Å². The fraction of sp³-hybridized carbons (Fsp3) is 0.0909. The number of nitrogens with zero attached hydrogens (tertiary/aromatic N) is 1. The first-order valence-electron chi connectivity index (χ1n) is 9.19. The fourth-order valence-corrected chi connectivity index (χ4v) is 4.26. The van der Waals surface area contributed by atoms with Gasteiger partial charge in [0.2, 0.25) is 10.0 Å². The molecule has 0 fully saturated rings. The smallest absolute Gasteiger partial charge is 0.337 e. The number of fused-ring (bicyclic) bond motifs is 1. The van der Waals surface area contributed by atoms with E-state index in [1.165, 1.54) is 12.1 Å². The predicted octanol–water partition coefficient (Wildman–Crippen LogP) is 4.18. The third-order valence-corrected chi connectivity index (χ3v) is 5.95. The first-order valence-corrected chi connectivity index (χ1v) is 10.8. The average molecular weight is 422 g/mol. The summed E-state index contributed by atoms with van der Waals surface area (Å²) in [6, 6.07) is 21.1. The van der Waals surface area contributed by atoms with Crippen molar-refractivity contribution >= 4 is 32.6 Å². The van der Waals surface area contributed by atoms with E-state index in [1.54, 1.807) is 12.1 Å². The molecule has 0 saturated carbocycles. The lowest BCUT2D eigenvalue weighted by molar-refractivity contribution is 0.0698. The number of carboxylic acids is 1. The van der Waals surface area contributed by atoms with Gasteiger partial charge in [0.05, 0.1) is 22.7 Å². The maximum atomic E-state index is 12.7. The van der Waals surface area contributed by atoms with Gasteiger partial charge < -0.3 is 9.63 Å². The fourth-order valence-electron chi connectivity index (χ4n) is 3.19. The van der Waals surface area contributed by atoms with Crippen molar-refractivity contribution in [2.75, 3.05) is 10.5 Å². The molecule has 0 aliphatic carbocycles. The number of sulfonamides is 1. The Labute approximate surface area is 173 Å². The highest BCUT2D eigenvalue weighted by Gasteiger charge is 2.19.